The molecule has 0 bridgehead atoms. The van der Waals surface area contributed by atoms with Crippen LogP contribution in [0.15, 0.2) is 24.4 Å². The van der Waals surface area contributed by atoms with Crippen molar-refractivity contribution in [1.82, 2.24) is 0 Å². The third-order valence-corrected chi connectivity index (χ3v) is 0.885. The van der Waals surface area contributed by atoms with Gasteiger partial charge in [-0.15, -0.1) is 0 Å². The molecule has 0 aliphatic carbocycles. The first-order valence-electron chi connectivity index (χ1n) is 2.38. The van der Waals surface area contributed by atoms with E-state index < -0.39 is 0 Å². The fourth-order valence-corrected chi connectivity index (χ4v) is 0.330. The van der Waals surface area contributed by atoms with E-state index in [0.29, 0.717) is 0 Å². The highest BCUT2D eigenvalue weighted by Gasteiger charge is 1.78. The van der Waals surface area contributed by atoms with Gasteiger partial charge in [-0.1, -0.05) is 19.6 Å². The van der Waals surface area contributed by atoms with Gasteiger partial charge in [-0.05, 0) is 18.2 Å². The van der Waals surface area contributed by atoms with Crippen LogP contribution in [0.4, 0.5) is 0 Å². The van der Waals surface area contributed by atoms with Crippen LogP contribution in [0.25, 0.3) is 0 Å². The van der Waals surface area contributed by atoms with E-state index in [1.807, 2.05) is 6.92 Å². The Morgan fingerprint density at radius 3 is 2.43 bits per heavy atom. The van der Waals surface area contributed by atoms with Gasteiger partial charge >= 0.3 is 0 Å². The van der Waals surface area contributed by atoms with Crippen molar-refractivity contribution in [1.29, 1.82) is 0 Å². The van der Waals surface area contributed by atoms with E-state index in [-0.39, 0.29) is 0 Å². The van der Waals surface area contributed by atoms with Gasteiger partial charge < -0.3 is 5.73 Å². The average molecular weight is 97.2 g/mol. The summed E-state index contributed by atoms with van der Waals surface area (Å²) in [7, 11) is 0. The molecule has 40 valence electrons. The summed E-state index contributed by atoms with van der Waals surface area (Å²) < 4.78 is 0. The minimum absolute atomic E-state index is 0.972. The largest absolute Gasteiger partial charge is 0.404 e. The van der Waals surface area contributed by atoms with Crippen LogP contribution in [0.5, 0.6) is 0 Å². The van der Waals surface area contributed by atoms with Gasteiger partial charge in [-0.25, -0.2) is 0 Å². The zero-order valence-electron chi connectivity index (χ0n) is 4.65. The molecule has 0 amide bonds. The van der Waals surface area contributed by atoms with Gasteiger partial charge in [0, 0.05) is 0 Å². The highest BCUT2D eigenvalue weighted by molar-refractivity contribution is 5.13. The predicted octanol–water partition coefficient (Wildman–Crippen LogP) is 1.43. The van der Waals surface area contributed by atoms with E-state index in [1.54, 1.807) is 12.3 Å². The van der Waals surface area contributed by atoms with Gasteiger partial charge in [0.15, 0.2) is 0 Å². The summed E-state index contributed by atoms with van der Waals surface area (Å²) in [6.07, 6.45) is 4.31. The van der Waals surface area contributed by atoms with Crippen LogP contribution in [-0.4, -0.2) is 0 Å². The summed E-state index contributed by atoms with van der Waals surface area (Å²) in [6, 6.07) is 0. The van der Waals surface area contributed by atoms with Crippen LogP contribution >= 0.6 is 0 Å². The van der Waals surface area contributed by atoms with E-state index >= 15 is 0 Å². The first-order chi connectivity index (χ1) is 3.35. The Hall–Kier alpha value is -0.720. The van der Waals surface area contributed by atoms with Crippen LogP contribution < -0.4 is 5.73 Å². The molecule has 1 nitrogen and oxygen atoms in total. The molecule has 0 aromatic heterocycles. The second kappa shape index (κ2) is 3.47. The van der Waals surface area contributed by atoms with Gasteiger partial charge in [-0.3, -0.25) is 0 Å². The topological polar surface area (TPSA) is 26.0 Å². The fourth-order valence-electron chi connectivity index (χ4n) is 0.330. The Kier molecular flexibility index (Phi) is 3.11. The molecule has 0 saturated heterocycles. The smallest absolute Gasteiger partial charge is 0.00300 e. The fraction of sp³-hybridized carbons (Fsp3) is 0.333. The lowest BCUT2D eigenvalue weighted by Crippen LogP contribution is -1.81. The van der Waals surface area contributed by atoms with E-state index in [0.717, 1.165) is 12.0 Å². The maximum Gasteiger partial charge on any atom is -0.00300 e. The number of hydrogen-bond donors (Lipinski definition) is 1. The standard InChI is InChI=1S/C6H11N/c1-3-6(4-2)5-7/h3,5H,1,4,7H2,2H3/b6-5-. The van der Waals surface area contributed by atoms with Crippen molar-refractivity contribution >= 4 is 0 Å². The Labute approximate surface area is 44.5 Å². The summed E-state index contributed by atoms with van der Waals surface area (Å²) in [4.78, 5) is 0. The van der Waals surface area contributed by atoms with Crippen LogP contribution in [-0.2, 0) is 0 Å². The van der Waals surface area contributed by atoms with E-state index in [1.165, 1.54) is 0 Å². The molecule has 0 atom stereocenters. The zero-order chi connectivity index (χ0) is 5.70. The van der Waals surface area contributed by atoms with Gasteiger partial charge in [-0.2, -0.15) is 0 Å². The lowest BCUT2D eigenvalue weighted by Gasteiger charge is -1.88. The molecular formula is C6H11N. The second-order valence-electron chi connectivity index (χ2n) is 1.30. The molecule has 0 radical (unpaired) electrons. The van der Waals surface area contributed by atoms with Gasteiger partial charge in [0.1, 0.15) is 0 Å². The van der Waals surface area contributed by atoms with Gasteiger partial charge in [0.2, 0.25) is 0 Å². The summed E-state index contributed by atoms with van der Waals surface area (Å²) in [5, 5.41) is 0. The molecule has 7 heavy (non-hydrogen) atoms. The Morgan fingerprint density at radius 2 is 2.43 bits per heavy atom. The summed E-state index contributed by atoms with van der Waals surface area (Å²) in [5.41, 5.74) is 6.26. The molecule has 2 N–H and O–H groups in total. The average Bonchev–Trinajstić information content (AvgIpc) is 1.72. The minimum Gasteiger partial charge on any atom is -0.404 e. The first-order valence-corrected chi connectivity index (χ1v) is 2.38. The van der Waals surface area contributed by atoms with E-state index in [9.17, 15) is 0 Å². The molecule has 0 spiro atoms. The summed E-state index contributed by atoms with van der Waals surface area (Å²) in [5.74, 6) is 0. The Bertz CT molecular complexity index is 82.2. The zero-order valence-corrected chi connectivity index (χ0v) is 4.65. The van der Waals surface area contributed by atoms with Gasteiger partial charge in [0.05, 0.1) is 0 Å². The van der Waals surface area contributed by atoms with Crippen molar-refractivity contribution < 1.29 is 0 Å². The van der Waals surface area contributed by atoms with Crippen molar-refractivity contribution in [2.24, 2.45) is 5.73 Å². The molecule has 0 aromatic carbocycles. The SMILES string of the molecule is C=C/C(=C/N)CC. The Balaban J connectivity index is 3.60. The molecule has 0 aromatic rings. The quantitative estimate of drug-likeness (QED) is 0.518. The first kappa shape index (κ1) is 6.28. The number of rotatable bonds is 2. The molecule has 1 heteroatoms. The molecule has 0 unspecified atom stereocenters. The van der Waals surface area contributed by atoms with Crippen molar-refractivity contribution in [3.63, 3.8) is 0 Å². The third kappa shape index (κ3) is 2.04. The minimum atomic E-state index is 0.972. The molecule has 0 aliphatic rings. The molecule has 0 saturated carbocycles. The number of allylic oxidation sites excluding steroid dienone is 2. The van der Waals surface area contributed by atoms with Crippen molar-refractivity contribution in [2.45, 2.75) is 13.3 Å². The van der Waals surface area contributed by atoms with Crippen molar-refractivity contribution in [3.8, 4) is 0 Å². The van der Waals surface area contributed by atoms with E-state index in [4.69, 9.17) is 5.73 Å². The number of hydrogen-bond acceptors (Lipinski definition) is 1. The second-order valence-corrected chi connectivity index (χ2v) is 1.30. The molecule has 0 fully saturated rings. The van der Waals surface area contributed by atoms with Crippen LogP contribution in [0, 0.1) is 0 Å². The number of nitrogens with two attached hydrogens (primary N) is 1. The normalized spacial score (nSPS) is 11.3. The van der Waals surface area contributed by atoms with Crippen molar-refractivity contribution in [3.05, 3.63) is 24.4 Å². The van der Waals surface area contributed by atoms with Crippen LogP contribution in [0.3, 0.4) is 0 Å². The predicted molar refractivity (Wildman–Crippen MR) is 32.8 cm³/mol. The molecule has 0 rings (SSSR count). The highest BCUT2D eigenvalue weighted by Crippen LogP contribution is 1.95. The highest BCUT2D eigenvalue weighted by atomic mass is 14.5. The Morgan fingerprint density at radius 1 is 1.86 bits per heavy atom. The molecule has 0 aliphatic heterocycles. The summed E-state index contributed by atoms with van der Waals surface area (Å²) >= 11 is 0. The van der Waals surface area contributed by atoms with E-state index in [2.05, 4.69) is 6.58 Å². The molecular weight excluding hydrogens is 86.1 g/mol. The van der Waals surface area contributed by atoms with Crippen molar-refractivity contribution in [2.75, 3.05) is 0 Å². The maximum absolute atomic E-state index is 5.16. The maximum atomic E-state index is 5.16. The third-order valence-electron chi connectivity index (χ3n) is 0.885. The van der Waals surface area contributed by atoms with Crippen LogP contribution in [0.2, 0.25) is 0 Å². The van der Waals surface area contributed by atoms with Gasteiger partial charge in [0.25, 0.3) is 0 Å². The van der Waals surface area contributed by atoms with Crippen LogP contribution in [0.1, 0.15) is 13.3 Å². The lowest BCUT2D eigenvalue weighted by molar-refractivity contribution is 1.14. The molecule has 0 heterocycles. The lowest BCUT2D eigenvalue weighted by atomic mass is 10.2. The summed E-state index contributed by atoms with van der Waals surface area (Å²) in [6.45, 7) is 5.60. The monoisotopic (exact) mass is 97.1 g/mol.